The Balaban J connectivity index is 1.85. The third-order valence-corrected chi connectivity index (χ3v) is 6.02. The number of piperidine rings is 1. The summed E-state index contributed by atoms with van der Waals surface area (Å²) in [6.45, 7) is 3.64. The second-order valence-electron chi connectivity index (χ2n) is 8.13. The van der Waals surface area contributed by atoms with Gasteiger partial charge in [-0.1, -0.05) is 19.1 Å². The molecule has 2 aliphatic heterocycles. The van der Waals surface area contributed by atoms with Gasteiger partial charge >= 0.3 is 0 Å². The highest BCUT2D eigenvalue weighted by Gasteiger charge is 2.43. The minimum atomic E-state index is -0.358. The van der Waals surface area contributed by atoms with Gasteiger partial charge in [-0.15, -0.1) is 0 Å². The molecule has 32 heavy (non-hydrogen) atoms. The predicted octanol–water partition coefficient (Wildman–Crippen LogP) is 3.73. The van der Waals surface area contributed by atoms with Gasteiger partial charge in [0, 0.05) is 19.2 Å². The highest BCUT2D eigenvalue weighted by molar-refractivity contribution is 6.45. The lowest BCUT2D eigenvalue weighted by atomic mass is 9.97. The van der Waals surface area contributed by atoms with Crippen LogP contribution in [0.5, 0.6) is 17.2 Å². The van der Waals surface area contributed by atoms with Crippen LogP contribution in [0.1, 0.15) is 25.3 Å². The number of methoxy groups -OCH3 is 3. The van der Waals surface area contributed by atoms with E-state index in [-0.39, 0.29) is 11.8 Å². The average Bonchev–Trinajstić information content (AvgIpc) is 3.08. The summed E-state index contributed by atoms with van der Waals surface area (Å²) in [7, 11) is 4.67. The van der Waals surface area contributed by atoms with Gasteiger partial charge in [-0.25, -0.2) is 4.90 Å². The zero-order valence-corrected chi connectivity index (χ0v) is 18.9. The van der Waals surface area contributed by atoms with Gasteiger partial charge in [-0.2, -0.15) is 0 Å². The van der Waals surface area contributed by atoms with Crippen LogP contribution in [0.15, 0.2) is 48.2 Å². The van der Waals surface area contributed by atoms with Gasteiger partial charge < -0.3 is 19.1 Å². The van der Waals surface area contributed by atoms with Crippen molar-refractivity contribution in [3.05, 3.63) is 53.7 Å². The van der Waals surface area contributed by atoms with Gasteiger partial charge in [-0.05, 0) is 48.6 Å². The van der Waals surface area contributed by atoms with E-state index in [4.69, 9.17) is 14.2 Å². The predicted molar refractivity (Wildman–Crippen MR) is 122 cm³/mol. The first-order valence-electron chi connectivity index (χ1n) is 10.7. The first kappa shape index (κ1) is 21.7. The molecular weight excluding hydrogens is 408 g/mol. The largest absolute Gasteiger partial charge is 0.497 e. The van der Waals surface area contributed by atoms with Crippen LogP contribution in [0.3, 0.4) is 0 Å². The maximum absolute atomic E-state index is 13.7. The number of ether oxygens (including phenoxy) is 3. The molecule has 2 aliphatic rings. The number of imide groups is 1. The maximum Gasteiger partial charge on any atom is 0.282 e. The molecule has 2 heterocycles. The quantitative estimate of drug-likeness (QED) is 0.643. The van der Waals surface area contributed by atoms with E-state index in [9.17, 15) is 9.59 Å². The van der Waals surface area contributed by atoms with Crippen molar-refractivity contribution in [2.45, 2.75) is 19.8 Å². The molecule has 7 heteroatoms. The summed E-state index contributed by atoms with van der Waals surface area (Å²) in [6.07, 6.45) is 2.09. The molecule has 0 saturated carbocycles. The van der Waals surface area contributed by atoms with Crippen LogP contribution >= 0.6 is 0 Å². The van der Waals surface area contributed by atoms with Crippen molar-refractivity contribution in [2.75, 3.05) is 39.3 Å². The Kier molecular flexibility index (Phi) is 6.08. The van der Waals surface area contributed by atoms with Crippen molar-refractivity contribution in [1.82, 2.24) is 4.90 Å². The molecule has 0 spiro atoms. The normalized spacial score (nSPS) is 18.9. The lowest BCUT2D eigenvalue weighted by Crippen LogP contribution is -2.39. The standard InChI is InChI=1S/C25H28N2O5/c1-16-7-6-12-26(15-16)23-22(17-10-11-20(31-3)21(13-17)32-4)24(28)27(25(23)29)18-8-5-9-19(14-18)30-2/h5,8-11,13-14,16H,6-7,12,15H2,1-4H3. The number of rotatable bonds is 6. The summed E-state index contributed by atoms with van der Waals surface area (Å²) in [4.78, 5) is 30.7. The fraction of sp³-hybridized carbons (Fsp3) is 0.360. The van der Waals surface area contributed by atoms with E-state index in [2.05, 4.69) is 11.8 Å². The average molecular weight is 437 g/mol. The van der Waals surface area contributed by atoms with E-state index < -0.39 is 0 Å². The Morgan fingerprint density at radius 2 is 1.69 bits per heavy atom. The first-order chi connectivity index (χ1) is 15.5. The number of benzene rings is 2. The highest BCUT2D eigenvalue weighted by atomic mass is 16.5. The van der Waals surface area contributed by atoms with Gasteiger partial charge in [0.1, 0.15) is 11.4 Å². The summed E-state index contributed by atoms with van der Waals surface area (Å²) in [5, 5.41) is 0. The van der Waals surface area contributed by atoms with Crippen LogP contribution in [0.4, 0.5) is 5.69 Å². The SMILES string of the molecule is COc1cccc(N2C(=O)C(c3ccc(OC)c(OC)c3)=C(N3CCCC(C)C3)C2=O)c1. The Labute approximate surface area is 188 Å². The van der Waals surface area contributed by atoms with E-state index in [0.29, 0.717) is 45.7 Å². The third-order valence-electron chi connectivity index (χ3n) is 6.02. The zero-order chi connectivity index (χ0) is 22.8. The summed E-state index contributed by atoms with van der Waals surface area (Å²) in [5.41, 5.74) is 1.93. The first-order valence-corrected chi connectivity index (χ1v) is 10.7. The molecule has 1 saturated heterocycles. The van der Waals surface area contributed by atoms with E-state index in [1.54, 1.807) is 63.8 Å². The lowest BCUT2D eigenvalue weighted by molar-refractivity contribution is -0.120. The van der Waals surface area contributed by atoms with E-state index >= 15 is 0 Å². The molecule has 168 valence electrons. The minimum absolute atomic E-state index is 0.317. The number of hydrogen-bond donors (Lipinski definition) is 0. The van der Waals surface area contributed by atoms with E-state index in [1.165, 1.54) is 4.90 Å². The summed E-state index contributed by atoms with van der Waals surface area (Å²) >= 11 is 0. The molecule has 2 aromatic carbocycles. The fourth-order valence-corrected chi connectivity index (χ4v) is 4.44. The molecule has 2 amide bonds. The molecule has 1 fully saturated rings. The monoisotopic (exact) mass is 436 g/mol. The van der Waals surface area contributed by atoms with E-state index in [0.717, 1.165) is 25.9 Å². The van der Waals surface area contributed by atoms with Crippen molar-refractivity contribution in [3.63, 3.8) is 0 Å². The van der Waals surface area contributed by atoms with Crippen molar-refractivity contribution in [3.8, 4) is 17.2 Å². The number of amides is 2. The molecule has 1 atom stereocenters. The summed E-state index contributed by atoms with van der Waals surface area (Å²) in [5.74, 6) is 1.41. The number of carbonyl (C=O) groups excluding carboxylic acids is 2. The Hall–Kier alpha value is -3.48. The topological polar surface area (TPSA) is 68.3 Å². The Morgan fingerprint density at radius 3 is 2.38 bits per heavy atom. The fourth-order valence-electron chi connectivity index (χ4n) is 4.44. The number of likely N-dealkylation sites (tertiary alicyclic amines) is 1. The molecule has 0 bridgehead atoms. The minimum Gasteiger partial charge on any atom is -0.497 e. The van der Waals surface area contributed by atoms with Crippen LogP contribution < -0.4 is 19.1 Å². The lowest BCUT2D eigenvalue weighted by Gasteiger charge is -2.33. The molecule has 0 aliphatic carbocycles. The molecule has 1 unspecified atom stereocenters. The molecule has 0 aromatic heterocycles. The van der Waals surface area contributed by atoms with Gasteiger partial charge in [0.25, 0.3) is 11.8 Å². The van der Waals surface area contributed by atoms with Crippen molar-refractivity contribution >= 4 is 23.1 Å². The van der Waals surface area contributed by atoms with Crippen LogP contribution in [0.25, 0.3) is 5.57 Å². The molecule has 2 aromatic rings. The third kappa shape index (κ3) is 3.79. The molecule has 7 nitrogen and oxygen atoms in total. The molecule has 4 rings (SSSR count). The van der Waals surface area contributed by atoms with Gasteiger partial charge in [0.15, 0.2) is 11.5 Å². The summed E-state index contributed by atoms with van der Waals surface area (Å²) < 4.78 is 16.1. The highest BCUT2D eigenvalue weighted by Crippen LogP contribution is 2.39. The number of anilines is 1. The molecule has 0 N–H and O–H groups in total. The maximum atomic E-state index is 13.7. The zero-order valence-electron chi connectivity index (χ0n) is 18.9. The van der Waals surface area contributed by atoms with Crippen molar-refractivity contribution in [1.29, 1.82) is 0 Å². The van der Waals surface area contributed by atoms with Gasteiger partial charge in [0.2, 0.25) is 0 Å². The smallest absolute Gasteiger partial charge is 0.282 e. The second kappa shape index (κ2) is 8.94. The van der Waals surface area contributed by atoms with Crippen LogP contribution in [0, 0.1) is 5.92 Å². The Bertz CT molecular complexity index is 1080. The van der Waals surface area contributed by atoms with Crippen molar-refractivity contribution < 1.29 is 23.8 Å². The van der Waals surface area contributed by atoms with Crippen molar-refractivity contribution in [2.24, 2.45) is 5.92 Å². The molecular formula is C25H28N2O5. The second-order valence-corrected chi connectivity index (χ2v) is 8.13. The van der Waals surface area contributed by atoms with E-state index in [1.807, 2.05) is 0 Å². The van der Waals surface area contributed by atoms with Gasteiger partial charge in [-0.3, -0.25) is 9.59 Å². The van der Waals surface area contributed by atoms with Crippen LogP contribution in [-0.2, 0) is 9.59 Å². The number of nitrogens with zero attached hydrogens (tertiary/aromatic N) is 2. The number of carbonyl (C=O) groups is 2. The van der Waals surface area contributed by atoms with Gasteiger partial charge in [0.05, 0.1) is 32.6 Å². The Morgan fingerprint density at radius 1 is 0.906 bits per heavy atom. The summed E-state index contributed by atoms with van der Waals surface area (Å²) in [6, 6.07) is 12.3. The van der Waals surface area contributed by atoms with Crippen LogP contribution in [-0.4, -0.2) is 51.1 Å². The molecule has 0 radical (unpaired) electrons. The van der Waals surface area contributed by atoms with Crippen LogP contribution in [0.2, 0.25) is 0 Å². The number of hydrogen-bond acceptors (Lipinski definition) is 6.